The SMILES string of the molecule is Cc1noc(C)c1S(=O)(=O)N[C@@H](C)C(=O)N1CCC(C(=O)c2ccccc2)CC1. The topological polar surface area (TPSA) is 110 Å². The zero-order valence-corrected chi connectivity index (χ0v) is 17.5. The van der Waals surface area contributed by atoms with Crippen molar-refractivity contribution >= 4 is 21.7 Å². The number of hydrogen-bond acceptors (Lipinski definition) is 6. The first-order valence-corrected chi connectivity index (χ1v) is 11.0. The number of benzene rings is 1. The number of sulfonamides is 1. The summed E-state index contributed by atoms with van der Waals surface area (Å²) in [7, 11) is -3.93. The van der Waals surface area contributed by atoms with E-state index in [1.54, 1.807) is 17.0 Å². The Balaban J connectivity index is 1.60. The third-order valence-electron chi connectivity index (χ3n) is 5.17. The third kappa shape index (κ3) is 4.56. The van der Waals surface area contributed by atoms with Crippen molar-refractivity contribution in [3.05, 3.63) is 47.3 Å². The van der Waals surface area contributed by atoms with Crippen molar-refractivity contribution in [2.45, 2.75) is 44.6 Å². The molecule has 1 fully saturated rings. The second kappa shape index (κ2) is 8.46. The number of hydrogen-bond donors (Lipinski definition) is 1. The van der Waals surface area contributed by atoms with E-state index in [9.17, 15) is 18.0 Å². The molecule has 1 amide bonds. The number of nitrogens with one attached hydrogen (secondary N) is 1. The van der Waals surface area contributed by atoms with Crippen LogP contribution in [0.25, 0.3) is 0 Å². The molecule has 29 heavy (non-hydrogen) atoms. The zero-order chi connectivity index (χ0) is 21.2. The maximum atomic E-state index is 12.7. The first kappa shape index (κ1) is 21.2. The summed E-state index contributed by atoms with van der Waals surface area (Å²) >= 11 is 0. The molecule has 1 aliphatic heterocycles. The predicted octanol–water partition coefficient (Wildman–Crippen LogP) is 2.08. The minimum atomic E-state index is -3.93. The molecule has 0 unspecified atom stereocenters. The van der Waals surface area contributed by atoms with Crippen LogP contribution in [0.3, 0.4) is 0 Å². The van der Waals surface area contributed by atoms with E-state index in [-0.39, 0.29) is 34.0 Å². The highest BCUT2D eigenvalue weighted by Crippen LogP contribution is 2.23. The summed E-state index contributed by atoms with van der Waals surface area (Å²) in [6, 6.07) is 8.19. The van der Waals surface area contributed by atoms with Crippen LogP contribution in [0.4, 0.5) is 0 Å². The Hall–Kier alpha value is -2.52. The van der Waals surface area contributed by atoms with Gasteiger partial charge in [-0.15, -0.1) is 0 Å². The molecule has 1 aliphatic rings. The van der Waals surface area contributed by atoms with E-state index in [0.717, 1.165) is 0 Å². The van der Waals surface area contributed by atoms with Crippen LogP contribution in [0, 0.1) is 19.8 Å². The van der Waals surface area contributed by atoms with Crippen LogP contribution in [0.5, 0.6) is 0 Å². The van der Waals surface area contributed by atoms with Crippen molar-refractivity contribution in [3.63, 3.8) is 0 Å². The first-order valence-electron chi connectivity index (χ1n) is 9.54. The lowest BCUT2D eigenvalue weighted by molar-refractivity contribution is -0.133. The standard InChI is InChI=1S/C20H25N3O5S/c1-13-19(15(3)28-21-13)29(26,27)22-14(2)20(25)23-11-9-17(10-12-23)18(24)16-7-5-4-6-8-16/h4-8,14,17,22H,9-12H2,1-3H3/t14-/m0/s1. The summed E-state index contributed by atoms with van der Waals surface area (Å²) in [5.74, 6) is -0.179. The number of rotatable bonds is 6. The van der Waals surface area contributed by atoms with Gasteiger partial charge in [-0.3, -0.25) is 9.59 Å². The van der Waals surface area contributed by atoms with E-state index in [0.29, 0.717) is 31.5 Å². The number of amides is 1. The molecule has 1 aromatic carbocycles. The minimum absolute atomic E-state index is 0.0377. The maximum Gasteiger partial charge on any atom is 0.246 e. The zero-order valence-electron chi connectivity index (χ0n) is 16.7. The number of nitrogens with zero attached hydrogens (tertiary/aromatic N) is 2. The Morgan fingerprint density at radius 2 is 1.79 bits per heavy atom. The molecule has 0 spiro atoms. The summed E-state index contributed by atoms with van der Waals surface area (Å²) in [5, 5.41) is 3.65. The number of carbonyl (C=O) groups excluding carboxylic acids is 2. The van der Waals surface area contributed by atoms with Gasteiger partial charge in [0.25, 0.3) is 0 Å². The fourth-order valence-electron chi connectivity index (χ4n) is 3.67. The molecule has 1 N–H and O–H groups in total. The summed E-state index contributed by atoms with van der Waals surface area (Å²) < 4.78 is 32.5. The van der Waals surface area contributed by atoms with Crippen LogP contribution in [-0.2, 0) is 14.8 Å². The number of aromatic nitrogens is 1. The molecule has 8 nitrogen and oxygen atoms in total. The van der Waals surface area contributed by atoms with Gasteiger partial charge < -0.3 is 9.42 Å². The summed E-state index contributed by atoms with van der Waals surface area (Å²) in [6.45, 7) is 5.39. The Labute approximate surface area is 170 Å². The van der Waals surface area contributed by atoms with Crippen molar-refractivity contribution in [3.8, 4) is 0 Å². The Morgan fingerprint density at radius 1 is 1.17 bits per heavy atom. The molecule has 0 radical (unpaired) electrons. The highest BCUT2D eigenvalue weighted by Gasteiger charge is 2.33. The molecule has 156 valence electrons. The number of likely N-dealkylation sites (tertiary alicyclic amines) is 1. The molecule has 0 saturated carbocycles. The fourth-order valence-corrected chi connectivity index (χ4v) is 5.20. The molecular weight excluding hydrogens is 394 g/mol. The van der Waals surface area contributed by atoms with Gasteiger partial charge in [-0.2, -0.15) is 4.72 Å². The number of ketones is 1. The van der Waals surface area contributed by atoms with Crippen molar-refractivity contribution in [1.82, 2.24) is 14.8 Å². The molecule has 2 heterocycles. The fraction of sp³-hybridized carbons (Fsp3) is 0.450. The van der Waals surface area contributed by atoms with Crippen LogP contribution in [0.1, 0.15) is 41.6 Å². The lowest BCUT2D eigenvalue weighted by Crippen LogP contribution is -2.49. The van der Waals surface area contributed by atoms with E-state index in [1.165, 1.54) is 20.8 Å². The summed E-state index contributed by atoms with van der Waals surface area (Å²) in [4.78, 5) is 26.9. The molecule has 0 bridgehead atoms. The van der Waals surface area contributed by atoms with Crippen LogP contribution in [0.15, 0.2) is 39.8 Å². The molecule has 2 aromatic rings. The lowest BCUT2D eigenvalue weighted by atomic mass is 9.89. The van der Waals surface area contributed by atoms with Crippen LogP contribution < -0.4 is 4.72 Å². The van der Waals surface area contributed by atoms with Gasteiger partial charge >= 0.3 is 0 Å². The van der Waals surface area contributed by atoms with Crippen LogP contribution in [-0.4, -0.2) is 49.3 Å². The van der Waals surface area contributed by atoms with E-state index in [1.807, 2.05) is 18.2 Å². The average Bonchev–Trinajstić information content (AvgIpc) is 3.06. The normalized spacial score (nSPS) is 16.6. The predicted molar refractivity (Wildman–Crippen MR) is 106 cm³/mol. The smallest absolute Gasteiger partial charge is 0.246 e. The van der Waals surface area contributed by atoms with Crippen LogP contribution in [0.2, 0.25) is 0 Å². The monoisotopic (exact) mass is 419 g/mol. The largest absolute Gasteiger partial charge is 0.360 e. The molecule has 1 atom stereocenters. The Kier molecular flexibility index (Phi) is 6.18. The van der Waals surface area contributed by atoms with Gasteiger partial charge in [-0.25, -0.2) is 8.42 Å². The van der Waals surface area contributed by atoms with E-state index >= 15 is 0 Å². The number of Topliss-reactive ketones (excluding diaryl/α,β-unsaturated/α-hetero) is 1. The van der Waals surface area contributed by atoms with Crippen molar-refractivity contribution < 1.29 is 22.5 Å². The van der Waals surface area contributed by atoms with Gasteiger partial charge in [0.2, 0.25) is 15.9 Å². The summed E-state index contributed by atoms with van der Waals surface area (Å²) in [5.41, 5.74) is 0.924. The number of carbonyl (C=O) groups is 2. The van der Waals surface area contributed by atoms with Gasteiger partial charge in [0.05, 0.1) is 6.04 Å². The molecule has 3 rings (SSSR count). The van der Waals surface area contributed by atoms with Gasteiger partial charge in [-0.1, -0.05) is 35.5 Å². The average molecular weight is 420 g/mol. The third-order valence-corrected chi connectivity index (χ3v) is 6.96. The first-order chi connectivity index (χ1) is 13.7. The van der Waals surface area contributed by atoms with Gasteiger partial charge in [-0.05, 0) is 33.6 Å². The molecule has 1 saturated heterocycles. The van der Waals surface area contributed by atoms with E-state index in [4.69, 9.17) is 4.52 Å². The van der Waals surface area contributed by atoms with Crippen molar-refractivity contribution in [2.75, 3.05) is 13.1 Å². The highest BCUT2D eigenvalue weighted by atomic mass is 32.2. The molecule has 1 aromatic heterocycles. The molecular formula is C20H25N3O5S. The number of aryl methyl sites for hydroxylation is 2. The van der Waals surface area contributed by atoms with Gasteiger partial charge in [0.1, 0.15) is 10.6 Å². The van der Waals surface area contributed by atoms with E-state index in [2.05, 4.69) is 9.88 Å². The Bertz CT molecular complexity index is 973. The minimum Gasteiger partial charge on any atom is -0.360 e. The highest BCUT2D eigenvalue weighted by molar-refractivity contribution is 7.89. The van der Waals surface area contributed by atoms with Crippen molar-refractivity contribution in [1.29, 1.82) is 0 Å². The molecule has 0 aliphatic carbocycles. The lowest BCUT2D eigenvalue weighted by Gasteiger charge is -2.33. The Morgan fingerprint density at radius 3 is 2.34 bits per heavy atom. The number of piperidine rings is 1. The van der Waals surface area contributed by atoms with Gasteiger partial charge in [0, 0.05) is 24.6 Å². The molecule has 9 heteroatoms. The quantitative estimate of drug-likeness (QED) is 0.718. The van der Waals surface area contributed by atoms with E-state index < -0.39 is 16.1 Å². The summed E-state index contributed by atoms with van der Waals surface area (Å²) in [6.07, 6.45) is 1.12. The van der Waals surface area contributed by atoms with Crippen molar-refractivity contribution in [2.24, 2.45) is 5.92 Å². The second-order valence-electron chi connectivity index (χ2n) is 7.33. The second-order valence-corrected chi connectivity index (χ2v) is 8.98. The van der Waals surface area contributed by atoms with Gasteiger partial charge in [0.15, 0.2) is 11.5 Å². The van der Waals surface area contributed by atoms with Crippen LogP contribution >= 0.6 is 0 Å². The maximum absolute atomic E-state index is 12.7.